The first-order valence-electron chi connectivity index (χ1n) is 15.1. The Balaban J connectivity index is 1.67. The van der Waals surface area contributed by atoms with Crippen LogP contribution in [0.4, 0.5) is 4.79 Å². The van der Waals surface area contributed by atoms with E-state index < -0.39 is 11.7 Å². The Morgan fingerprint density at radius 1 is 1.09 bits per heavy atom. The van der Waals surface area contributed by atoms with E-state index in [1.54, 1.807) is 0 Å². The summed E-state index contributed by atoms with van der Waals surface area (Å²) in [6.07, 6.45) is 2.81. The number of nitrogens with one attached hydrogen (secondary N) is 1. The summed E-state index contributed by atoms with van der Waals surface area (Å²) >= 11 is 6.88. The molecule has 0 aliphatic carbocycles. The maximum Gasteiger partial charge on any atom is 0.406 e. The van der Waals surface area contributed by atoms with Gasteiger partial charge in [-0.2, -0.15) is 0 Å². The lowest BCUT2D eigenvalue weighted by molar-refractivity contribution is -0.0563. The number of hydrogen-bond acceptors (Lipinski definition) is 5. The minimum Gasteiger partial charge on any atom is -0.453 e. The van der Waals surface area contributed by atoms with Crippen molar-refractivity contribution in [3.05, 3.63) is 94.0 Å². The molecule has 1 unspecified atom stereocenters. The summed E-state index contributed by atoms with van der Waals surface area (Å²) < 4.78 is 4.73. The molecule has 1 saturated heterocycles. The number of hydrogen-bond donors (Lipinski definition) is 2. The Bertz CT molecular complexity index is 1390. The number of benzene rings is 3. The third-order valence-electron chi connectivity index (χ3n) is 8.38. The molecular formula is C35H44ClN3O4. The third kappa shape index (κ3) is 7.96. The minimum absolute atomic E-state index is 0.0298. The Morgan fingerprint density at radius 3 is 2.53 bits per heavy atom. The number of aliphatic hydroxyl groups is 1. The molecule has 0 bridgehead atoms. The third-order valence-corrected chi connectivity index (χ3v) is 8.69. The van der Waals surface area contributed by atoms with E-state index in [9.17, 15) is 14.7 Å². The number of likely N-dealkylation sites (tertiary alicyclic amines) is 1. The molecule has 1 aliphatic heterocycles. The first-order chi connectivity index (χ1) is 20.7. The van der Waals surface area contributed by atoms with Crippen molar-refractivity contribution in [1.82, 2.24) is 15.1 Å². The van der Waals surface area contributed by atoms with E-state index in [-0.39, 0.29) is 11.8 Å². The summed E-state index contributed by atoms with van der Waals surface area (Å²) in [7, 11) is 5.37. The molecule has 0 aromatic heterocycles. The van der Waals surface area contributed by atoms with Gasteiger partial charge in [0.1, 0.15) is 0 Å². The highest BCUT2D eigenvalue weighted by Gasteiger charge is 2.43. The van der Waals surface area contributed by atoms with E-state index in [1.165, 1.54) is 12.7 Å². The Labute approximate surface area is 260 Å². The normalized spacial score (nSPS) is 16.5. The number of aryl methyl sites for hydroxylation is 1. The van der Waals surface area contributed by atoms with Crippen LogP contribution in [0, 0.1) is 5.92 Å². The second-order valence-electron chi connectivity index (χ2n) is 11.7. The molecule has 0 spiro atoms. The van der Waals surface area contributed by atoms with Gasteiger partial charge in [-0.1, -0.05) is 67.1 Å². The highest BCUT2D eigenvalue weighted by atomic mass is 35.5. The molecule has 2 amide bonds. The first-order valence-corrected chi connectivity index (χ1v) is 15.5. The van der Waals surface area contributed by atoms with Crippen LogP contribution in [0.2, 0.25) is 5.02 Å². The van der Waals surface area contributed by atoms with Gasteiger partial charge in [-0.15, -0.1) is 0 Å². The van der Waals surface area contributed by atoms with E-state index in [1.807, 2.05) is 73.6 Å². The van der Waals surface area contributed by atoms with Crippen LogP contribution < -0.4 is 5.32 Å². The number of amides is 2. The van der Waals surface area contributed by atoms with Gasteiger partial charge in [0, 0.05) is 48.2 Å². The molecule has 8 heteroatoms. The molecule has 7 nitrogen and oxygen atoms in total. The average molecular weight is 606 g/mol. The van der Waals surface area contributed by atoms with Crippen LogP contribution in [0.25, 0.3) is 11.1 Å². The van der Waals surface area contributed by atoms with Crippen LogP contribution in [0.5, 0.6) is 0 Å². The summed E-state index contributed by atoms with van der Waals surface area (Å²) in [4.78, 5) is 29.4. The van der Waals surface area contributed by atoms with Gasteiger partial charge in [0.2, 0.25) is 0 Å². The summed E-state index contributed by atoms with van der Waals surface area (Å²) in [6, 6.07) is 21.7. The van der Waals surface area contributed by atoms with Gasteiger partial charge in [-0.3, -0.25) is 4.79 Å². The Kier molecular flexibility index (Phi) is 11.2. The standard InChI is InChI=1S/C35H44ClN3O4/c1-5-25-10-6-11-28(22-25)32-30(13-7-14-31(32)36)35(42,19-9-20-37-34(41)43-4)29-12-8-21-39(24-29)33(40)27-17-15-26(16-18-27)23-38(2)3/h6-7,10-11,13-18,22,29,42H,5,8-9,12,19-21,23-24H2,1-4H3,(H,37,41)/t29?,35-/m1/s1. The first kappa shape index (κ1) is 32.5. The van der Waals surface area contributed by atoms with Crippen LogP contribution in [0.15, 0.2) is 66.7 Å². The summed E-state index contributed by atoms with van der Waals surface area (Å²) in [5.74, 6) is -0.263. The maximum atomic E-state index is 13.7. The molecular weight excluding hydrogens is 562 g/mol. The van der Waals surface area contributed by atoms with Gasteiger partial charge in [0.05, 0.1) is 12.7 Å². The van der Waals surface area contributed by atoms with Crippen molar-refractivity contribution < 1.29 is 19.4 Å². The molecule has 1 fully saturated rings. The summed E-state index contributed by atoms with van der Waals surface area (Å²) in [6.45, 7) is 4.32. The van der Waals surface area contributed by atoms with Gasteiger partial charge in [-0.25, -0.2) is 4.79 Å². The Hall–Kier alpha value is -3.39. The number of carbonyl (C=O) groups excluding carboxylic acids is 2. The molecule has 230 valence electrons. The van der Waals surface area contributed by atoms with Gasteiger partial charge in [-0.05, 0) is 86.7 Å². The zero-order chi connectivity index (χ0) is 31.0. The molecule has 0 saturated carbocycles. The fourth-order valence-electron chi connectivity index (χ4n) is 6.16. The number of nitrogens with zero attached hydrogens (tertiary/aromatic N) is 2. The zero-order valence-electron chi connectivity index (χ0n) is 25.7. The highest BCUT2D eigenvalue weighted by molar-refractivity contribution is 6.33. The number of methoxy groups -OCH3 is 1. The van der Waals surface area contributed by atoms with Crippen molar-refractivity contribution in [3.63, 3.8) is 0 Å². The smallest absolute Gasteiger partial charge is 0.406 e. The van der Waals surface area contributed by atoms with Crippen LogP contribution >= 0.6 is 11.6 Å². The SMILES string of the molecule is CCc1cccc(-c2c(Cl)cccc2[C@@](O)(CCCNC(=O)OC)C2CCCN(C(=O)c3ccc(CN(C)C)cc3)C2)c1. The van der Waals surface area contributed by atoms with Gasteiger partial charge >= 0.3 is 6.09 Å². The second kappa shape index (κ2) is 14.9. The maximum absolute atomic E-state index is 13.7. The second-order valence-corrected chi connectivity index (χ2v) is 12.1. The van der Waals surface area contributed by atoms with E-state index in [4.69, 9.17) is 16.3 Å². The predicted molar refractivity (Wildman–Crippen MR) is 172 cm³/mol. The molecule has 1 heterocycles. The number of rotatable bonds is 11. The van der Waals surface area contributed by atoms with E-state index in [0.29, 0.717) is 43.1 Å². The highest BCUT2D eigenvalue weighted by Crippen LogP contribution is 2.45. The van der Waals surface area contributed by atoms with Crippen molar-refractivity contribution in [3.8, 4) is 11.1 Å². The van der Waals surface area contributed by atoms with E-state index in [2.05, 4.69) is 29.3 Å². The quantitative estimate of drug-likeness (QED) is 0.244. The number of ether oxygens (including phenoxy) is 1. The Morgan fingerprint density at radius 2 is 1.84 bits per heavy atom. The molecule has 1 aliphatic rings. The van der Waals surface area contributed by atoms with Crippen LogP contribution in [0.3, 0.4) is 0 Å². The molecule has 2 atom stereocenters. The predicted octanol–water partition coefficient (Wildman–Crippen LogP) is 6.51. The monoisotopic (exact) mass is 605 g/mol. The lowest BCUT2D eigenvalue weighted by Crippen LogP contribution is -2.48. The van der Waals surface area contributed by atoms with Gasteiger partial charge in [0.15, 0.2) is 0 Å². The van der Waals surface area contributed by atoms with E-state index >= 15 is 0 Å². The van der Waals surface area contributed by atoms with Crippen molar-refractivity contribution >= 4 is 23.6 Å². The van der Waals surface area contributed by atoms with Crippen LogP contribution in [-0.2, 0) is 23.3 Å². The largest absolute Gasteiger partial charge is 0.453 e. The lowest BCUT2D eigenvalue weighted by atomic mass is 9.72. The summed E-state index contributed by atoms with van der Waals surface area (Å²) in [5.41, 5.74) is 4.19. The van der Waals surface area contributed by atoms with Crippen LogP contribution in [0.1, 0.15) is 59.7 Å². The summed E-state index contributed by atoms with van der Waals surface area (Å²) in [5, 5.41) is 16.1. The fourth-order valence-corrected chi connectivity index (χ4v) is 6.44. The minimum atomic E-state index is -1.30. The number of carbonyl (C=O) groups is 2. The van der Waals surface area contributed by atoms with Gasteiger partial charge in [0.25, 0.3) is 5.91 Å². The van der Waals surface area contributed by atoms with E-state index in [0.717, 1.165) is 48.1 Å². The van der Waals surface area contributed by atoms with Crippen molar-refractivity contribution in [2.24, 2.45) is 5.92 Å². The van der Waals surface area contributed by atoms with Crippen LogP contribution in [-0.4, -0.2) is 67.7 Å². The molecule has 0 radical (unpaired) electrons. The average Bonchev–Trinajstić information content (AvgIpc) is 3.02. The van der Waals surface area contributed by atoms with Gasteiger partial charge < -0.3 is 25.0 Å². The molecule has 4 rings (SSSR count). The molecule has 3 aromatic carbocycles. The molecule has 3 aromatic rings. The lowest BCUT2D eigenvalue weighted by Gasteiger charge is -2.44. The molecule has 2 N–H and O–H groups in total. The van der Waals surface area contributed by atoms with Crippen molar-refractivity contribution in [2.45, 2.75) is 51.2 Å². The fraction of sp³-hybridized carbons (Fsp3) is 0.429. The number of piperidine rings is 1. The van der Waals surface area contributed by atoms with Crippen molar-refractivity contribution in [2.75, 3.05) is 40.8 Å². The topological polar surface area (TPSA) is 82.1 Å². The number of alkyl carbamates (subject to hydrolysis) is 1. The zero-order valence-corrected chi connectivity index (χ0v) is 26.5. The number of halogens is 1. The van der Waals surface area contributed by atoms with Crippen molar-refractivity contribution in [1.29, 1.82) is 0 Å². The molecule has 43 heavy (non-hydrogen) atoms.